The van der Waals surface area contributed by atoms with Crippen LogP contribution in [0.5, 0.6) is 0 Å². The fourth-order valence-corrected chi connectivity index (χ4v) is 3.59. The number of carbonyl (C=O) groups excluding carboxylic acids is 2. The first-order valence-corrected chi connectivity index (χ1v) is 8.71. The van der Waals surface area contributed by atoms with Crippen molar-refractivity contribution in [3.63, 3.8) is 0 Å². The van der Waals surface area contributed by atoms with E-state index in [1.54, 1.807) is 31.2 Å². The maximum Gasteiger partial charge on any atom is 0.325 e. The van der Waals surface area contributed by atoms with E-state index in [4.69, 9.17) is 23.2 Å². The van der Waals surface area contributed by atoms with Gasteiger partial charge in [-0.15, -0.1) is 0 Å². The highest BCUT2D eigenvalue weighted by atomic mass is 79.9. The molecule has 3 amide bonds. The first-order chi connectivity index (χ1) is 11.3. The highest BCUT2D eigenvalue weighted by Gasteiger charge is 2.49. The van der Waals surface area contributed by atoms with Gasteiger partial charge in [0.05, 0.1) is 6.54 Å². The molecular weight excluding hydrogens is 415 g/mol. The van der Waals surface area contributed by atoms with Gasteiger partial charge in [-0.2, -0.15) is 0 Å². The Hall–Kier alpha value is -1.56. The van der Waals surface area contributed by atoms with Crippen molar-refractivity contribution in [2.45, 2.75) is 19.0 Å². The average molecular weight is 428 g/mol. The summed E-state index contributed by atoms with van der Waals surface area (Å²) < 4.78 is 0.830. The molecule has 124 valence electrons. The number of imide groups is 1. The number of hydrogen-bond acceptors (Lipinski definition) is 2. The van der Waals surface area contributed by atoms with Crippen LogP contribution in [-0.2, 0) is 16.9 Å². The summed E-state index contributed by atoms with van der Waals surface area (Å²) in [5.41, 5.74) is 0.111. The van der Waals surface area contributed by atoms with Gasteiger partial charge in [0.15, 0.2) is 0 Å². The topological polar surface area (TPSA) is 49.4 Å². The molecule has 0 saturated carbocycles. The third-order valence-corrected chi connectivity index (χ3v) is 5.26. The van der Waals surface area contributed by atoms with Crippen LogP contribution in [0.25, 0.3) is 0 Å². The van der Waals surface area contributed by atoms with Crippen LogP contribution < -0.4 is 5.32 Å². The summed E-state index contributed by atoms with van der Waals surface area (Å²) in [6, 6.07) is 11.9. The molecule has 0 unspecified atom stereocenters. The van der Waals surface area contributed by atoms with Crippen LogP contribution >= 0.6 is 39.1 Å². The molecule has 0 aromatic heterocycles. The monoisotopic (exact) mass is 426 g/mol. The number of nitrogens with one attached hydrogen (secondary N) is 1. The van der Waals surface area contributed by atoms with Gasteiger partial charge in [-0.25, -0.2) is 4.79 Å². The zero-order chi connectivity index (χ0) is 17.5. The van der Waals surface area contributed by atoms with Crippen molar-refractivity contribution in [3.05, 3.63) is 68.1 Å². The third kappa shape index (κ3) is 2.92. The van der Waals surface area contributed by atoms with Crippen molar-refractivity contribution >= 4 is 51.1 Å². The molecule has 0 radical (unpaired) electrons. The van der Waals surface area contributed by atoms with E-state index in [0.29, 0.717) is 21.2 Å². The molecule has 1 atom stereocenters. The minimum Gasteiger partial charge on any atom is -0.319 e. The van der Waals surface area contributed by atoms with Gasteiger partial charge < -0.3 is 5.32 Å². The van der Waals surface area contributed by atoms with Crippen LogP contribution in [-0.4, -0.2) is 16.8 Å². The number of hydrogen-bond donors (Lipinski definition) is 1. The molecule has 1 aliphatic rings. The molecule has 1 heterocycles. The molecule has 0 aliphatic carbocycles. The summed E-state index contributed by atoms with van der Waals surface area (Å²) in [6.07, 6.45) is 0. The molecule has 1 aliphatic heterocycles. The predicted octanol–water partition coefficient (Wildman–Crippen LogP) is 4.72. The summed E-state index contributed by atoms with van der Waals surface area (Å²) in [5.74, 6) is -0.346. The van der Waals surface area contributed by atoms with E-state index in [1.807, 2.05) is 18.2 Å². The normalized spacial score (nSPS) is 20.4. The van der Waals surface area contributed by atoms with Crippen LogP contribution in [0.4, 0.5) is 4.79 Å². The summed E-state index contributed by atoms with van der Waals surface area (Å²) >= 11 is 15.7. The van der Waals surface area contributed by atoms with Crippen molar-refractivity contribution in [1.29, 1.82) is 0 Å². The Morgan fingerprint density at radius 1 is 1.12 bits per heavy atom. The summed E-state index contributed by atoms with van der Waals surface area (Å²) in [5, 5.41) is 3.60. The Balaban J connectivity index is 1.95. The lowest BCUT2D eigenvalue weighted by Gasteiger charge is -2.22. The molecule has 7 heteroatoms. The molecule has 4 nitrogen and oxygen atoms in total. The summed E-state index contributed by atoms with van der Waals surface area (Å²) in [6.45, 7) is 1.70. The van der Waals surface area contributed by atoms with E-state index in [1.165, 1.54) is 0 Å². The van der Waals surface area contributed by atoms with Crippen molar-refractivity contribution in [1.82, 2.24) is 10.2 Å². The lowest BCUT2D eigenvalue weighted by atomic mass is 9.92. The highest BCUT2D eigenvalue weighted by molar-refractivity contribution is 9.10. The largest absolute Gasteiger partial charge is 0.325 e. The molecule has 1 fully saturated rings. The number of amides is 3. The van der Waals surface area contributed by atoms with Crippen molar-refractivity contribution in [2.75, 3.05) is 0 Å². The summed E-state index contributed by atoms with van der Waals surface area (Å²) in [4.78, 5) is 26.4. The molecule has 24 heavy (non-hydrogen) atoms. The SMILES string of the molecule is C[C@@]1(c2cccc(Br)c2)NC(=O)N(Cc2c(Cl)cccc2Cl)C1=O. The van der Waals surface area contributed by atoms with Crippen LogP contribution in [0.1, 0.15) is 18.1 Å². The molecule has 3 rings (SSSR count). The van der Waals surface area contributed by atoms with E-state index in [9.17, 15) is 9.59 Å². The van der Waals surface area contributed by atoms with Gasteiger partial charge in [-0.1, -0.05) is 57.3 Å². The number of carbonyl (C=O) groups is 2. The number of urea groups is 1. The maximum absolute atomic E-state index is 12.9. The smallest absolute Gasteiger partial charge is 0.319 e. The van der Waals surface area contributed by atoms with Gasteiger partial charge in [0.2, 0.25) is 0 Å². The van der Waals surface area contributed by atoms with Gasteiger partial charge in [0.25, 0.3) is 5.91 Å². The van der Waals surface area contributed by atoms with E-state index in [0.717, 1.165) is 9.37 Å². The second-order valence-electron chi connectivity index (χ2n) is 5.66. The van der Waals surface area contributed by atoms with Crippen molar-refractivity contribution in [3.8, 4) is 0 Å². The number of nitrogens with zero attached hydrogens (tertiary/aromatic N) is 1. The second-order valence-corrected chi connectivity index (χ2v) is 7.39. The molecule has 1 saturated heterocycles. The lowest BCUT2D eigenvalue weighted by molar-refractivity contribution is -0.131. The van der Waals surface area contributed by atoms with E-state index >= 15 is 0 Å². The van der Waals surface area contributed by atoms with Gasteiger partial charge in [0.1, 0.15) is 5.54 Å². The van der Waals surface area contributed by atoms with Gasteiger partial charge in [-0.3, -0.25) is 9.69 Å². The first kappa shape index (κ1) is 17.3. The standard InChI is InChI=1S/C17H13BrCl2N2O2/c1-17(10-4-2-5-11(18)8-10)15(23)22(16(24)21-17)9-12-13(19)6-3-7-14(12)20/h2-8H,9H2,1H3,(H,21,24)/t17-/m0/s1. The van der Waals surface area contributed by atoms with Crippen LogP contribution in [0, 0.1) is 0 Å². The Morgan fingerprint density at radius 3 is 2.38 bits per heavy atom. The number of benzene rings is 2. The molecule has 0 spiro atoms. The number of halogens is 3. The molecule has 0 bridgehead atoms. The van der Waals surface area contributed by atoms with Crippen LogP contribution in [0.15, 0.2) is 46.9 Å². The van der Waals surface area contributed by atoms with E-state index in [-0.39, 0.29) is 12.5 Å². The van der Waals surface area contributed by atoms with Crippen molar-refractivity contribution < 1.29 is 9.59 Å². The van der Waals surface area contributed by atoms with E-state index < -0.39 is 11.6 Å². The predicted molar refractivity (Wildman–Crippen MR) is 97.0 cm³/mol. The van der Waals surface area contributed by atoms with Gasteiger partial charge >= 0.3 is 6.03 Å². The fraction of sp³-hybridized carbons (Fsp3) is 0.176. The van der Waals surface area contributed by atoms with Crippen LogP contribution in [0.3, 0.4) is 0 Å². The zero-order valence-corrected chi connectivity index (χ0v) is 15.7. The Labute approximate surface area is 157 Å². The zero-order valence-electron chi connectivity index (χ0n) is 12.6. The quantitative estimate of drug-likeness (QED) is 0.720. The van der Waals surface area contributed by atoms with Crippen LogP contribution in [0.2, 0.25) is 10.0 Å². The second kappa shape index (κ2) is 6.39. The minimum absolute atomic E-state index is 0.0206. The van der Waals surface area contributed by atoms with E-state index in [2.05, 4.69) is 21.2 Å². The third-order valence-electron chi connectivity index (χ3n) is 4.05. The Kier molecular flexibility index (Phi) is 4.60. The Morgan fingerprint density at radius 2 is 1.75 bits per heavy atom. The molecule has 1 N–H and O–H groups in total. The Bertz CT molecular complexity index is 823. The molecular formula is C17H13BrCl2N2O2. The first-order valence-electron chi connectivity index (χ1n) is 7.16. The molecule has 2 aromatic rings. The van der Waals surface area contributed by atoms with Gasteiger partial charge in [0, 0.05) is 20.1 Å². The van der Waals surface area contributed by atoms with Crippen molar-refractivity contribution in [2.24, 2.45) is 0 Å². The lowest BCUT2D eigenvalue weighted by Crippen LogP contribution is -2.40. The summed E-state index contributed by atoms with van der Waals surface area (Å²) in [7, 11) is 0. The average Bonchev–Trinajstić information content (AvgIpc) is 2.75. The fourth-order valence-electron chi connectivity index (χ4n) is 2.68. The highest BCUT2D eigenvalue weighted by Crippen LogP contribution is 2.33. The maximum atomic E-state index is 12.9. The molecule has 2 aromatic carbocycles. The van der Waals surface area contributed by atoms with Gasteiger partial charge in [-0.05, 0) is 36.8 Å². The number of rotatable bonds is 3. The minimum atomic E-state index is -1.13.